The standard InChI is InChI=1S/C17H16BrNO/c18-12-7-5-11(6-8-12)16-14-9-10-20-17(14)13-3-1-2-4-15(13)19-16/h1-8,14,16-17,19H,9-10H2/t14-,16-,17+/m0/s1. The molecule has 0 aromatic heterocycles. The number of ether oxygens (including phenoxy) is 1. The Morgan fingerprint density at radius 3 is 2.70 bits per heavy atom. The molecular formula is C17H16BrNO. The van der Waals surface area contributed by atoms with Gasteiger partial charge in [0.2, 0.25) is 0 Å². The van der Waals surface area contributed by atoms with Crippen molar-refractivity contribution in [3.8, 4) is 0 Å². The number of rotatable bonds is 1. The summed E-state index contributed by atoms with van der Waals surface area (Å²) in [5.74, 6) is 0.520. The molecule has 2 aliphatic heterocycles. The van der Waals surface area contributed by atoms with Gasteiger partial charge in [-0.1, -0.05) is 46.3 Å². The SMILES string of the molecule is Brc1ccc([C@@H]2Nc3ccccc3[C@H]3OCC[C@H]32)cc1. The Kier molecular flexibility index (Phi) is 3.04. The Morgan fingerprint density at radius 2 is 1.85 bits per heavy atom. The van der Waals surface area contributed by atoms with Crippen molar-refractivity contribution in [2.45, 2.75) is 18.6 Å². The van der Waals surface area contributed by atoms with Gasteiger partial charge in [-0.15, -0.1) is 0 Å². The Balaban J connectivity index is 1.76. The molecule has 0 unspecified atom stereocenters. The van der Waals surface area contributed by atoms with Gasteiger partial charge in [0.05, 0.1) is 12.1 Å². The van der Waals surface area contributed by atoms with E-state index in [1.807, 2.05) is 0 Å². The molecule has 20 heavy (non-hydrogen) atoms. The van der Waals surface area contributed by atoms with Crippen molar-refractivity contribution in [3.63, 3.8) is 0 Å². The van der Waals surface area contributed by atoms with E-state index in [1.54, 1.807) is 0 Å². The number of anilines is 1. The smallest absolute Gasteiger partial charge is 0.0896 e. The van der Waals surface area contributed by atoms with E-state index in [0.29, 0.717) is 12.0 Å². The Bertz CT molecular complexity index is 625. The number of para-hydroxylation sites is 1. The van der Waals surface area contributed by atoms with Crippen molar-refractivity contribution in [1.82, 2.24) is 0 Å². The van der Waals surface area contributed by atoms with Crippen LogP contribution in [0.5, 0.6) is 0 Å². The topological polar surface area (TPSA) is 21.3 Å². The predicted molar refractivity (Wildman–Crippen MR) is 83.7 cm³/mol. The van der Waals surface area contributed by atoms with Gasteiger partial charge in [0.1, 0.15) is 0 Å². The van der Waals surface area contributed by atoms with Crippen molar-refractivity contribution in [2.24, 2.45) is 5.92 Å². The first kappa shape index (κ1) is 12.4. The summed E-state index contributed by atoms with van der Waals surface area (Å²) in [7, 11) is 0. The van der Waals surface area contributed by atoms with Crippen LogP contribution in [0.15, 0.2) is 53.0 Å². The third-order valence-corrected chi connectivity index (χ3v) is 4.90. The molecule has 1 N–H and O–H groups in total. The number of hydrogen-bond acceptors (Lipinski definition) is 2. The molecule has 2 heterocycles. The van der Waals surface area contributed by atoms with Gasteiger partial charge in [-0.2, -0.15) is 0 Å². The van der Waals surface area contributed by atoms with Gasteiger partial charge in [-0.05, 0) is 30.2 Å². The minimum Gasteiger partial charge on any atom is -0.378 e. The van der Waals surface area contributed by atoms with Crippen LogP contribution in [-0.4, -0.2) is 6.61 Å². The first-order chi connectivity index (χ1) is 9.83. The maximum atomic E-state index is 6.01. The van der Waals surface area contributed by atoms with E-state index in [0.717, 1.165) is 17.5 Å². The molecule has 102 valence electrons. The van der Waals surface area contributed by atoms with Gasteiger partial charge in [0, 0.05) is 28.2 Å². The molecule has 2 aromatic carbocycles. The molecular weight excluding hydrogens is 314 g/mol. The first-order valence-corrected chi connectivity index (χ1v) is 7.85. The quantitative estimate of drug-likeness (QED) is 0.819. The van der Waals surface area contributed by atoms with E-state index in [1.165, 1.54) is 16.8 Å². The highest BCUT2D eigenvalue weighted by molar-refractivity contribution is 9.10. The minimum atomic E-state index is 0.237. The van der Waals surface area contributed by atoms with Gasteiger partial charge in [-0.25, -0.2) is 0 Å². The van der Waals surface area contributed by atoms with Crippen LogP contribution >= 0.6 is 15.9 Å². The van der Waals surface area contributed by atoms with E-state index in [9.17, 15) is 0 Å². The van der Waals surface area contributed by atoms with Gasteiger partial charge in [0.25, 0.3) is 0 Å². The van der Waals surface area contributed by atoms with Gasteiger partial charge in [0.15, 0.2) is 0 Å². The van der Waals surface area contributed by atoms with Crippen LogP contribution in [0.2, 0.25) is 0 Å². The molecule has 2 nitrogen and oxygen atoms in total. The second kappa shape index (κ2) is 4.90. The molecule has 0 aliphatic carbocycles. The summed E-state index contributed by atoms with van der Waals surface area (Å²) in [5.41, 5.74) is 3.86. The van der Waals surface area contributed by atoms with Crippen LogP contribution in [0.3, 0.4) is 0 Å². The lowest BCUT2D eigenvalue weighted by atomic mass is 9.81. The molecule has 0 radical (unpaired) electrons. The number of benzene rings is 2. The van der Waals surface area contributed by atoms with Crippen molar-refractivity contribution in [2.75, 3.05) is 11.9 Å². The van der Waals surface area contributed by atoms with Crippen LogP contribution in [-0.2, 0) is 4.74 Å². The molecule has 2 aliphatic rings. The second-order valence-electron chi connectivity index (χ2n) is 5.50. The zero-order chi connectivity index (χ0) is 13.5. The van der Waals surface area contributed by atoms with Crippen LogP contribution < -0.4 is 5.32 Å². The molecule has 1 fully saturated rings. The predicted octanol–water partition coefficient (Wildman–Crippen LogP) is 4.69. The molecule has 0 spiro atoms. The normalized spacial score (nSPS) is 27.6. The van der Waals surface area contributed by atoms with Crippen LogP contribution in [0.25, 0.3) is 0 Å². The zero-order valence-electron chi connectivity index (χ0n) is 11.1. The minimum absolute atomic E-state index is 0.237. The fourth-order valence-electron chi connectivity index (χ4n) is 3.42. The van der Waals surface area contributed by atoms with Crippen molar-refractivity contribution in [3.05, 3.63) is 64.1 Å². The fraction of sp³-hybridized carbons (Fsp3) is 0.294. The molecule has 4 rings (SSSR count). The van der Waals surface area contributed by atoms with Crippen LogP contribution in [0, 0.1) is 5.92 Å². The lowest BCUT2D eigenvalue weighted by Crippen LogP contribution is -2.29. The number of nitrogens with one attached hydrogen (secondary N) is 1. The van der Waals surface area contributed by atoms with E-state index in [4.69, 9.17) is 4.74 Å². The lowest BCUT2D eigenvalue weighted by molar-refractivity contribution is 0.0829. The number of fused-ring (bicyclic) bond motifs is 3. The Labute approximate surface area is 127 Å². The van der Waals surface area contributed by atoms with Crippen molar-refractivity contribution >= 4 is 21.6 Å². The Morgan fingerprint density at radius 1 is 1.05 bits per heavy atom. The van der Waals surface area contributed by atoms with Gasteiger partial charge >= 0.3 is 0 Å². The van der Waals surface area contributed by atoms with E-state index in [-0.39, 0.29) is 6.10 Å². The Hall–Kier alpha value is -1.32. The summed E-state index contributed by atoms with van der Waals surface area (Å²) >= 11 is 3.51. The number of halogens is 1. The lowest BCUT2D eigenvalue weighted by Gasteiger charge is -2.36. The average Bonchev–Trinajstić information content (AvgIpc) is 2.97. The highest BCUT2D eigenvalue weighted by Gasteiger charge is 2.41. The maximum Gasteiger partial charge on any atom is 0.0896 e. The van der Waals surface area contributed by atoms with E-state index < -0.39 is 0 Å². The van der Waals surface area contributed by atoms with Crippen LogP contribution in [0.4, 0.5) is 5.69 Å². The monoisotopic (exact) mass is 329 g/mol. The summed E-state index contributed by atoms with van der Waals surface area (Å²) in [4.78, 5) is 0. The van der Waals surface area contributed by atoms with Gasteiger partial charge in [-0.3, -0.25) is 0 Å². The summed E-state index contributed by atoms with van der Waals surface area (Å²) in [6.07, 6.45) is 1.35. The second-order valence-corrected chi connectivity index (χ2v) is 6.42. The van der Waals surface area contributed by atoms with E-state index >= 15 is 0 Å². The average molecular weight is 330 g/mol. The molecule has 0 amide bonds. The van der Waals surface area contributed by atoms with E-state index in [2.05, 4.69) is 69.8 Å². The highest BCUT2D eigenvalue weighted by Crippen LogP contribution is 2.49. The summed E-state index contributed by atoms with van der Waals surface area (Å²) in [5, 5.41) is 3.71. The summed E-state index contributed by atoms with van der Waals surface area (Å²) in [6, 6.07) is 17.5. The largest absolute Gasteiger partial charge is 0.378 e. The number of hydrogen-bond donors (Lipinski definition) is 1. The molecule has 1 saturated heterocycles. The summed E-state index contributed by atoms with van der Waals surface area (Å²) < 4.78 is 7.13. The highest BCUT2D eigenvalue weighted by atomic mass is 79.9. The third-order valence-electron chi connectivity index (χ3n) is 4.37. The van der Waals surface area contributed by atoms with Crippen LogP contribution in [0.1, 0.15) is 29.7 Å². The molecule has 0 bridgehead atoms. The zero-order valence-corrected chi connectivity index (χ0v) is 12.6. The maximum absolute atomic E-state index is 6.01. The summed E-state index contributed by atoms with van der Waals surface area (Å²) in [6.45, 7) is 0.859. The van der Waals surface area contributed by atoms with Crippen molar-refractivity contribution in [1.29, 1.82) is 0 Å². The molecule has 0 saturated carbocycles. The fourth-order valence-corrected chi connectivity index (χ4v) is 3.68. The third kappa shape index (κ3) is 1.97. The van der Waals surface area contributed by atoms with Crippen molar-refractivity contribution < 1.29 is 4.74 Å². The first-order valence-electron chi connectivity index (χ1n) is 7.05. The molecule has 3 heteroatoms. The molecule has 3 atom stereocenters. The van der Waals surface area contributed by atoms with Gasteiger partial charge < -0.3 is 10.1 Å². The molecule has 2 aromatic rings.